The maximum absolute atomic E-state index is 13.0. The maximum atomic E-state index is 13.0. The van der Waals surface area contributed by atoms with Crippen molar-refractivity contribution < 1.29 is 23.6 Å². The first kappa shape index (κ1) is 19.6. The molecule has 2 aliphatic heterocycles. The molecule has 2 amide bonds. The Labute approximate surface area is 179 Å². The molecule has 1 aliphatic carbocycles. The lowest BCUT2D eigenvalue weighted by molar-refractivity contribution is -0.136. The van der Waals surface area contributed by atoms with E-state index in [1.807, 2.05) is 18.2 Å². The normalized spacial score (nSPS) is 21.7. The Morgan fingerprint density at radius 1 is 1.19 bits per heavy atom. The third-order valence-corrected chi connectivity index (χ3v) is 6.20. The Bertz CT molecular complexity index is 1040. The fraction of sp³-hybridized carbons (Fsp3) is 0.455. The average Bonchev–Trinajstić information content (AvgIpc) is 3.43. The van der Waals surface area contributed by atoms with Crippen molar-refractivity contribution in [3.8, 4) is 5.75 Å². The average molecular weight is 424 g/mol. The number of nitrogens with zero attached hydrogens (tertiary/aromatic N) is 3. The summed E-state index contributed by atoms with van der Waals surface area (Å²) in [6.07, 6.45) is 5.70. The number of nitrogens with one attached hydrogen (secondary N) is 1. The lowest BCUT2D eigenvalue weighted by atomic mass is 9.89. The second-order valence-corrected chi connectivity index (χ2v) is 8.03. The first-order valence-electron chi connectivity index (χ1n) is 10.6. The second-order valence-electron chi connectivity index (χ2n) is 8.03. The van der Waals surface area contributed by atoms with E-state index in [0.717, 1.165) is 12.8 Å². The molecule has 1 saturated carbocycles. The molecule has 9 heteroatoms. The van der Waals surface area contributed by atoms with Crippen LogP contribution in [-0.2, 0) is 16.1 Å². The minimum atomic E-state index is -0.648. The van der Waals surface area contributed by atoms with Gasteiger partial charge in [-0.3, -0.25) is 4.90 Å². The number of carbonyl (C=O) groups is 2. The summed E-state index contributed by atoms with van der Waals surface area (Å²) in [5, 5.41) is 7.05. The third-order valence-electron chi connectivity index (χ3n) is 6.20. The molecule has 3 heterocycles. The smallest absolute Gasteiger partial charge is 0.338 e. The number of carbonyl (C=O) groups excluding carboxylic acids is 2. The number of hydrogen-bond acceptors (Lipinski definition) is 7. The summed E-state index contributed by atoms with van der Waals surface area (Å²) in [5.74, 6) is 1.48. The quantitative estimate of drug-likeness (QED) is 0.735. The number of hydrogen-bond donors (Lipinski definition) is 1. The predicted molar refractivity (Wildman–Crippen MR) is 108 cm³/mol. The molecule has 1 unspecified atom stereocenters. The largest absolute Gasteiger partial charge is 0.496 e. The van der Waals surface area contributed by atoms with Gasteiger partial charge >= 0.3 is 12.0 Å². The van der Waals surface area contributed by atoms with E-state index in [-0.39, 0.29) is 19.2 Å². The second kappa shape index (κ2) is 8.05. The molecule has 0 radical (unpaired) electrons. The number of benzene rings is 1. The van der Waals surface area contributed by atoms with Gasteiger partial charge in [0.25, 0.3) is 0 Å². The number of urea groups is 1. The molecule has 1 fully saturated rings. The van der Waals surface area contributed by atoms with Gasteiger partial charge in [-0.2, -0.15) is 4.98 Å². The van der Waals surface area contributed by atoms with Crippen LogP contribution in [0, 0.1) is 0 Å². The van der Waals surface area contributed by atoms with Crippen LogP contribution >= 0.6 is 0 Å². The Morgan fingerprint density at radius 3 is 2.81 bits per heavy atom. The van der Waals surface area contributed by atoms with Gasteiger partial charge in [0.05, 0.1) is 24.4 Å². The zero-order chi connectivity index (χ0) is 21.4. The lowest BCUT2D eigenvalue weighted by Crippen LogP contribution is -2.47. The van der Waals surface area contributed by atoms with Gasteiger partial charge in [0.1, 0.15) is 18.9 Å². The van der Waals surface area contributed by atoms with Gasteiger partial charge in [0.2, 0.25) is 5.89 Å². The van der Waals surface area contributed by atoms with Gasteiger partial charge in [-0.05, 0) is 18.9 Å². The highest BCUT2D eigenvalue weighted by Gasteiger charge is 2.43. The summed E-state index contributed by atoms with van der Waals surface area (Å²) in [6, 6.07) is 6.28. The van der Waals surface area contributed by atoms with Gasteiger partial charge in [0.15, 0.2) is 5.82 Å². The van der Waals surface area contributed by atoms with E-state index in [2.05, 4.69) is 15.5 Å². The topological polar surface area (TPSA) is 107 Å². The van der Waals surface area contributed by atoms with Crippen molar-refractivity contribution in [2.24, 2.45) is 0 Å². The Balaban J connectivity index is 1.44. The zero-order valence-electron chi connectivity index (χ0n) is 17.3. The number of rotatable bonds is 5. The van der Waals surface area contributed by atoms with E-state index in [9.17, 15) is 9.59 Å². The monoisotopic (exact) mass is 424 g/mol. The van der Waals surface area contributed by atoms with Crippen molar-refractivity contribution in [1.29, 1.82) is 0 Å². The van der Waals surface area contributed by atoms with Gasteiger partial charge < -0.3 is 19.3 Å². The zero-order valence-corrected chi connectivity index (χ0v) is 17.3. The number of amides is 2. The summed E-state index contributed by atoms with van der Waals surface area (Å²) in [7, 11) is 1.55. The third kappa shape index (κ3) is 3.54. The van der Waals surface area contributed by atoms with Crippen molar-refractivity contribution >= 4 is 12.0 Å². The number of methoxy groups -OCH3 is 1. The van der Waals surface area contributed by atoms with Crippen molar-refractivity contribution in [1.82, 2.24) is 20.4 Å². The molecule has 1 atom stereocenters. The Morgan fingerprint density at radius 2 is 2.00 bits per heavy atom. The molecule has 162 valence electrons. The first-order chi connectivity index (χ1) is 15.2. The minimum Gasteiger partial charge on any atom is -0.496 e. The minimum absolute atomic E-state index is 0.0247. The number of aromatic nitrogens is 2. The molecule has 0 bridgehead atoms. The molecule has 31 heavy (non-hydrogen) atoms. The molecule has 1 N–H and O–H groups in total. The molecule has 3 aliphatic rings. The van der Waals surface area contributed by atoms with Crippen molar-refractivity contribution in [2.45, 2.75) is 50.6 Å². The molecule has 5 rings (SSSR count). The maximum Gasteiger partial charge on any atom is 0.338 e. The fourth-order valence-electron chi connectivity index (χ4n) is 4.61. The van der Waals surface area contributed by atoms with Crippen LogP contribution in [0.15, 0.2) is 40.1 Å². The molecule has 1 aromatic carbocycles. The van der Waals surface area contributed by atoms with E-state index in [0.29, 0.717) is 40.2 Å². The van der Waals surface area contributed by atoms with E-state index >= 15 is 0 Å². The highest BCUT2D eigenvalue weighted by Crippen LogP contribution is 2.39. The molecule has 1 aromatic heterocycles. The molecule has 0 saturated heterocycles. The van der Waals surface area contributed by atoms with Gasteiger partial charge in [-0.15, -0.1) is 0 Å². The summed E-state index contributed by atoms with van der Waals surface area (Å²) in [4.78, 5) is 31.6. The first-order valence-corrected chi connectivity index (χ1v) is 10.6. The van der Waals surface area contributed by atoms with Gasteiger partial charge in [-0.25, -0.2) is 9.59 Å². The molecular weight excluding hydrogens is 400 g/mol. The summed E-state index contributed by atoms with van der Waals surface area (Å²) in [6.45, 7) is 0.108. The van der Waals surface area contributed by atoms with Crippen LogP contribution in [0.2, 0.25) is 0 Å². The summed E-state index contributed by atoms with van der Waals surface area (Å²) in [5.41, 5.74) is 1.61. The van der Waals surface area contributed by atoms with Gasteiger partial charge in [-0.1, -0.05) is 42.6 Å². The van der Waals surface area contributed by atoms with Crippen molar-refractivity contribution in [3.05, 3.63) is 52.8 Å². The van der Waals surface area contributed by atoms with E-state index in [4.69, 9.17) is 14.0 Å². The summed E-state index contributed by atoms with van der Waals surface area (Å²) < 4.78 is 16.2. The van der Waals surface area contributed by atoms with Crippen LogP contribution in [-0.4, -0.2) is 40.8 Å². The van der Waals surface area contributed by atoms with E-state index in [1.165, 1.54) is 24.2 Å². The predicted octanol–water partition coefficient (Wildman–Crippen LogP) is 3.20. The number of esters is 1. The van der Waals surface area contributed by atoms with Crippen LogP contribution < -0.4 is 10.1 Å². The highest BCUT2D eigenvalue weighted by molar-refractivity contribution is 5.97. The molecular formula is C22H24N4O5. The highest BCUT2D eigenvalue weighted by atomic mass is 16.5. The molecule has 0 spiro atoms. The molecule has 2 aromatic rings. The van der Waals surface area contributed by atoms with E-state index < -0.39 is 12.0 Å². The number of ether oxygens (including phenoxy) is 2. The fourth-order valence-corrected chi connectivity index (χ4v) is 4.61. The van der Waals surface area contributed by atoms with E-state index in [1.54, 1.807) is 13.2 Å². The van der Waals surface area contributed by atoms with Crippen LogP contribution in [0.25, 0.3) is 0 Å². The van der Waals surface area contributed by atoms with Crippen LogP contribution in [0.4, 0.5) is 4.79 Å². The van der Waals surface area contributed by atoms with Crippen LogP contribution in [0.5, 0.6) is 5.75 Å². The summed E-state index contributed by atoms with van der Waals surface area (Å²) >= 11 is 0. The Kier molecular flexibility index (Phi) is 5.09. The number of cyclic esters (lactones) is 1. The van der Waals surface area contributed by atoms with Crippen LogP contribution in [0.1, 0.15) is 61.3 Å². The van der Waals surface area contributed by atoms with Gasteiger partial charge in [0, 0.05) is 11.5 Å². The van der Waals surface area contributed by atoms with Crippen LogP contribution in [0.3, 0.4) is 0 Å². The van der Waals surface area contributed by atoms with Crippen molar-refractivity contribution in [3.63, 3.8) is 0 Å². The Hall–Kier alpha value is -3.36. The molecule has 9 nitrogen and oxygen atoms in total. The standard InChI is InChI=1S/C22H24N4O5/c1-29-16-10-6-5-9-14(16)19-18-15(12-30-21(18)27)26(22(28)24-19)11-17-23-20(25-31-17)13-7-3-2-4-8-13/h5-6,9-10,13,19H,2-4,7-8,11-12H2,1H3,(H,24,28). The number of para-hydroxylation sites is 1. The SMILES string of the molecule is COc1ccccc1C1NC(=O)N(Cc2nc(C3CCCCC3)no2)C2=C1C(=O)OC2. The lowest BCUT2D eigenvalue weighted by Gasteiger charge is -2.32. The van der Waals surface area contributed by atoms with Crippen molar-refractivity contribution in [2.75, 3.05) is 13.7 Å².